The van der Waals surface area contributed by atoms with Gasteiger partial charge in [-0.15, -0.1) is 0 Å². The predicted octanol–water partition coefficient (Wildman–Crippen LogP) is 5.62. The summed E-state index contributed by atoms with van der Waals surface area (Å²) >= 11 is 5.92. The first kappa shape index (κ1) is 25.4. The van der Waals surface area contributed by atoms with Crippen LogP contribution < -0.4 is 5.32 Å². The third kappa shape index (κ3) is 7.40. The van der Waals surface area contributed by atoms with Gasteiger partial charge in [-0.1, -0.05) is 66.2 Å². The van der Waals surface area contributed by atoms with Crippen molar-refractivity contribution < 1.29 is 28.4 Å². The summed E-state index contributed by atoms with van der Waals surface area (Å²) in [5.74, 6) is -1.40. The lowest BCUT2D eigenvalue weighted by atomic mass is 10.1. The Hall–Kier alpha value is -3.23. The third-order valence-electron chi connectivity index (χ3n) is 4.79. The highest BCUT2D eigenvalue weighted by molar-refractivity contribution is 7.53. The Labute approximate surface area is 201 Å². The maximum atomic E-state index is 13.1. The molecule has 0 radical (unpaired) electrons. The lowest BCUT2D eigenvalue weighted by molar-refractivity contribution is -0.384. The van der Waals surface area contributed by atoms with Gasteiger partial charge in [0.1, 0.15) is 6.61 Å². The summed E-state index contributed by atoms with van der Waals surface area (Å²) in [5, 5.41) is 13.6. The minimum absolute atomic E-state index is 0.0171. The van der Waals surface area contributed by atoms with E-state index in [9.17, 15) is 24.4 Å². The number of amides is 1. The molecule has 2 unspecified atom stereocenters. The number of ether oxygens (including phenoxy) is 1. The molecule has 178 valence electrons. The molecule has 34 heavy (non-hydrogen) atoms. The zero-order valence-corrected chi connectivity index (χ0v) is 19.5. The van der Waals surface area contributed by atoms with Crippen molar-refractivity contribution >= 4 is 31.0 Å². The van der Waals surface area contributed by atoms with Gasteiger partial charge in [0.2, 0.25) is 0 Å². The molecule has 0 spiro atoms. The highest BCUT2D eigenvalue weighted by atomic mass is 35.5. The Balaban J connectivity index is 1.66. The molecule has 0 aliphatic carbocycles. The number of nitrogens with one attached hydrogen (secondary N) is 1. The molecule has 0 aromatic heterocycles. The van der Waals surface area contributed by atoms with Crippen molar-refractivity contribution in [2.45, 2.75) is 18.8 Å². The maximum Gasteiger partial charge on any atom is 0.408 e. The van der Waals surface area contributed by atoms with Gasteiger partial charge in [0.05, 0.1) is 11.5 Å². The highest BCUT2D eigenvalue weighted by Crippen LogP contribution is 2.55. The summed E-state index contributed by atoms with van der Waals surface area (Å²) in [5.41, 5.74) is 1.69. The Morgan fingerprint density at radius 1 is 1.03 bits per heavy atom. The number of nitro benzene ring substituents is 1. The van der Waals surface area contributed by atoms with Crippen LogP contribution in [0.3, 0.4) is 0 Å². The van der Waals surface area contributed by atoms with Crippen molar-refractivity contribution in [3.63, 3.8) is 0 Å². The van der Waals surface area contributed by atoms with Gasteiger partial charge in [-0.3, -0.25) is 14.7 Å². The number of carbonyl (C=O) groups excluding carboxylic acids is 1. The molecule has 2 atom stereocenters. The minimum atomic E-state index is -4.41. The summed E-state index contributed by atoms with van der Waals surface area (Å²) in [7, 11) is -4.41. The van der Waals surface area contributed by atoms with E-state index in [4.69, 9.17) is 20.9 Å². The first-order chi connectivity index (χ1) is 16.2. The number of nitrogens with zero attached hydrogens (tertiary/aromatic N) is 1. The van der Waals surface area contributed by atoms with E-state index in [-0.39, 0.29) is 25.3 Å². The van der Waals surface area contributed by atoms with E-state index in [1.54, 1.807) is 36.4 Å². The molecular formula is C23H22ClN2O7P. The summed E-state index contributed by atoms with van der Waals surface area (Å²) < 4.78 is 23.6. The second kappa shape index (κ2) is 11.8. The number of alkyl carbamates (subject to hydrolysis) is 1. The molecule has 3 aromatic rings. The smallest absolute Gasteiger partial charge is 0.408 e. The van der Waals surface area contributed by atoms with Crippen LogP contribution in [-0.4, -0.2) is 22.5 Å². The molecule has 0 bridgehead atoms. The van der Waals surface area contributed by atoms with Crippen LogP contribution in [0.25, 0.3) is 0 Å². The van der Waals surface area contributed by atoms with Crippen molar-refractivity contribution in [1.82, 2.24) is 5.32 Å². The zero-order chi connectivity index (χ0) is 24.6. The van der Waals surface area contributed by atoms with Crippen LogP contribution in [0.15, 0.2) is 78.9 Å². The van der Waals surface area contributed by atoms with E-state index < -0.39 is 24.4 Å². The van der Waals surface area contributed by atoms with Crippen molar-refractivity contribution in [2.75, 3.05) is 6.61 Å². The van der Waals surface area contributed by atoms with Gasteiger partial charge in [0.25, 0.3) is 5.69 Å². The molecule has 11 heteroatoms. The molecule has 1 amide bonds. The average molecular weight is 505 g/mol. The second-order valence-electron chi connectivity index (χ2n) is 7.23. The van der Waals surface area contributed by atoms with Crippen molar-refractivity contribution in [2.24, 2.45) is 0 Å². The number of hydrogen-bond donors (Lipinski definition) is 2. The van der Waals surface area contributed by atoms with Gasteiger partial charge < -0.3 is 19.5 Å². The molecule has 3 rings (SSSR count). The number of non-ortho nitro benzene ring substituents is 1. The Morgan fingerprint density at radius 3 is 2.29 bits per heavy atom. The summed E-state index contributed by atoms with van der Waals surface area (Å²) in [6, 6.07) is 20.8. The van der Waals surface area contributed by atoms with Crippen molar-refractivity contribution in [1.29, 1.82) is 0 Å². The highest BCUT2D eigenvalue weighted by Gasteiger charge is 2.36. The van der Waals surface area contributed by atoms with Gasteiger partial charge in [-0.25, -0.2) is 4.79 Å². The Bertz CT molecular complexity index is 1160. The Morgan fingerprint density at radius 2 is 1.68 bits per heavy atom. The first-order valence-corrected chi connectivity index (χ1v) is 12.2. The van der Waals surface area contributed by atoms with Crippen LogP contribution >= 0.6 is 19.2 Å². The predicted molar refractivity (Wildman–Crippen MR) is 127 cm³/mol. The lowest BCUT2D eigenvalue weighted by Crippen LogP contribution is -2.29. The van der Waals surface area contributed by atoms with Crippen LogP contribution in [0.2, 0.25) is 5.02 Å². The molecular weight excluding hydrogens is 483 g/mol. The van der Waals surface area contributed by atoms with E-state index in [0.29, 0.717) is 16.1 Å². The first-order valence-electron chi connectivity index (χ1n) is 10.2. The lowest BCUT2D eigenvalue weighted by Gasteiger charge is -2.24. The molecule has 0 saturated carbocycles. The van der Waals surface area contributed by atoms with Crippen LogP contribution in [-0.2, 0) is 26.9 Å². The topological polar surface area (TPSA) is 128 Å². The Kier molecular flexibility index (Phi) is 8.79. The molecule has 0 fully saturated rings. The maximum absolute atomic E-state index is 13.1. The van der Waals surface area contributed by atoms with Crippen LogP contribution in [0.5, 0.6) is 0 Å². The van der Waals surface area contributed by atoms with E-state index in [0.717, 1.165) is 5.56 Å². The fourth-order valence-corrected chi connectivity index (χ4v) is 4.47. The summed E-state index contributed by atoms with van der Waals surface area (Å²) in [4.78, 5) is 33.3. The SMILES string of the molecule is O=C(NC(c1ccc(Cl)cc1)P(=O)(O)OCCc1ccc([N+](=O)[O-])cc1)OCc1ccccc1. The number of nitro groups is 1. The number of halogens is 1. The monoisotopic (exact) mass is 504 g/mol. The minimum Gasteiger partial charge on any atom is -0.445 e. The normalized spacial score (nSPS) is 13.5. The van der Waals surface area contributed by atoms with Gasteiger partial charge in [-0.05, 0) is 35.2 Å². The van der Waals surface area contributed by atoms with Crippen LogP contribution in [0.1, 0.15) is 22.5 Å². The largest absolute Gasteiger partial charge is 0.445 e. The number of rotatable bonds is 10. The number of benzene rings is 3. The van der Waals surface area contributed by atoms with E-state index in [1.165, 1.54) is 36.4 Å². The molecule has 9 nitrogen and oxygen atoms in total. The van der Waals surface area contributed by atoms with Crippen molar-refractivity contribution in [3.05, 3.63) is 111 Å². The van der Waals surface area contributed by atoms with Gasteiger partial charge >= 0.3 is 13.7 Å². The fourth-order valence-electron chi connectivity index (χ4n) is 3.03. The van der Waals surface area contributed by atoms with Crippen LogP contribution in [0, 0.1) is 10.1 Å². The summed E-state index contributed by atoms with van der Waals surface area (Å²) in [6.45, 7) is -0.173. The number of hydrogen-bond acceptors (Lipinski definition) is 6. The second-order valence-corrected chi connectivity index (χ2v) is 9.57. The third-order valence-corrected chi connectivity index (χ3v) is 6.68. The van der Waals surface area contributed by atoms with E-state index >= 15 is 0 Å². The average Bonchev–Trinajstić information content (AvgIpc) is 2.83. The van der Waals surface area contributed by atoms with E-state index in [1.807, 2.05) is 6.07 Å². The van der Waals surface area contributed by atoms with Gasteiger partial charge in [0.15, 0.2) is 5.78 Å². The quantitative estimate of drug-likeness (QED) is 0.208. The summed E-state index contributed by atoms with van der Waals surface area (Å²) in [6.07, 6.45) is -0.661. The van der Waals surface area contributed by atoms with Crippen molar-refractivity contribution in [3.8, 4) is 0 Å². The van der Waals surface area contributed by atoms with Crippen LogP contribution in [0.4, 0.5) is 10.5 Å². The number of carbonyl (C=O) groups is 1. The van der Waals surface area contributed by atoms with E-state index in [2.05, 4.69) is 5.32 Å². The molecule has 2 N–H and O–H groups in total. The van der Waals surface area contributed by atoms with Gasteiger partial charge in [0, 0.05) is 17.2 Å². The van der Waals surface area contributed by atoms with Gasteiger partial charge in [-0.2, -0.15) is 0 Å². The molecule has 0 aliphatic heterocycles. The standard InChI is InChI=1S/C23H22ClN2O7P/c24-20-10-8-19(9-11-20)22(25-23(27)32-16-18-4-2-1-3-5-18)34(30,31)33-15-14-17-6-12-21(13-7-17)26(28)29/h1-13,22H,14-16H2,(H,25,27)(H,30,31). The molecule has 3 aromatic carbocycles. The molecule has 0 saturated heterocycles. The fraction of sp³-hybridized carbons (Fsp3) is 0.174. The molecule has 0 aliphatic rings. The molecule has 0 heterocycles. The zero-order valence-electron chi connectivity index (χ0n) is 17.9.